The van der Waals surface area contributed by atoms with Gasteiger partial charge in [0.05, 0.1) is 13.1 Å². The number of nitrogens with zero attached hydrogens (tertiary/aromatic N) is 2. The molecular formula is C24H28ClN5O3. The highest BCUT2D eigenvalue weighted by Crippen LogP contribution is 2.20. The first kappa shape index (κ1) is 24.1. The van der Waals surface area contributed by atoms with Gasteiger partial charge in [-0.3, -0.25) is 19.1 Å². The zero-order valence-electron chi connectivity index (χ0n) is 18.7. The summed E-state index contributed by atoms with van der Waals surface area (Å²) in [5.74, 6) is 0.0200. The number of nitrogens with two attached hydrogens (primary N) is 1. The van der Waals surface area contributed by atoms with Crippen molar-refractivity contribution in [3.8, 4) is 0 Å². The largest absolute Gasteiger partial charge is 0.383 e. The van der Waals surface area contributed by atoms with Crippen LogP contribution in [0.15, 0.2) is 64.2 Å². The smallest absolute Gasteiger partial charge is 0.330 e. The maximum absolute atomic E-state index is 12.8. The van der Waals surface area contributed by atoms with Gasteiger partial charge in [0.25, 0.3) is 5.56 Å². The van der Waals surface area contributed by atoms with Gasteiger partial charge in [-0.15, -0.1) is 0 Å². The summed E-state index contributed by atoms with van der Waals surface area (Å²) in [7, 11) is 0. The van der Waals surface area contributed by atoms with Crippen LogP contribution in [0.1, 0.15) is 25.8 Å². The van der Waals surface area contributed by atoms with Gasteiger partial charge in [-0.2, -0.15) is 0 Å². The van der Waals surface area contributed by atoms with Gasteiger partial charge in [0, 0.05) is 17.3 Å². The Morgan fingerprint density at radius 2 is 1.88 bits per heavy atom. The molecule has 0 aliphatic heterocycles. The number of H-pyrrole nitrogens is 1. The highest BCUT2D eigenvalue weighted by atomic mass is 35.5. The Balaban J connectivity index is 1.94. The number of nitrogens with one attached hydrogen (secondary N) is 2. The summed E-state index contributed by atoms with van der Waals surface area (Å²) in [4.78, 5) is 42.1. The molecule has 0 bridgehead atoms. The Labute approximate surface area is 197 Å². The standard InChI is InChI=1S/C24H28ClN5O3/c1-16(2)11-12-29(15-20(31)27-19-10-6-9-18(25)13-19)21-22(26)30(24(33)28-23(21)32)14-17-7-4-3-5-8-17/h3-10,13,16H,11-12,14-15,26H2,1-2H3,(H,27,31)(H,28,32,33). The minimum Gasteiger partial charge on any atom is -0.383 e. The number of carbonyl (C=O) groups is 1. The van der Waals surface area contributed by atoms with Crippen molar-refractivity contribution in [1.29, 1.82) is 0 Å². The number of halogens is 1. The lowest BCUT2D eigenvalue weighted by Gasteiger charge is -2.26. The third-order valence-electron chi connectivity index (χ3n) is 5.13. The Kier molecular flexibility index (Phi) is 7.95. The van der Waals surface area contributed by atoms with E-state index in [0.717, 1.165) is 12.0 Å². The Morgan fingerprint density at radius 3 is 2.55 bits per heavy atom. The summed E-state index contributed by atoms with van der Waals surface area (Å²) in [6.07, 6.45) is 0.723. The fourth-order valence-corrected chi connectivity index (χ4v) is 3.62. The molecule has 0 saturated carbocycles. The van der Waals surface area contributed by atoms with E-state index in [0.29, 0.717) is 23.2 Å². The first-order valence-corrected chi connectivity index (χ1v) is 11.1. The average molecular weight is 470 g/mol. The van der Waals surface area contributed by atoms with Gasteiger partial charge in [0.1, 0.15) is 11.5 Å². The molecule has 33 heavy (non-hydrogen) atoms. The number of aromatic nitrogens is 2. The summed E-state index contributed by atoms with van der Waals surface area (Å²) in [5, 5.41) is 3.29. The zero-order chi connectivity index (χ0) is 24.0. The number of rotatable bonds is 9. The number of aromatic amines is 1. The molecule has 0 fully saturated rings. The zero-order valence-corrected chi connectivity index (χ0v) is 19.4. The van der Waals surface area contributed by atoms with Crippen molar-refractivity contribution >= 4 is 34.7 Å². The number of amides is 1. The molecule has 0 unspecified atom stereocenters. The van der Waals surface area contributed by atoms with Crippen LogP contribution in [0.3, 0.4) is 0 Å². The molecule has 3 rings (SSSR count). The number of hydrogen-bond acceptors (Lipinski definition) is 5. The molecule has 0 radical (unpaired) electrons. The van der Waals surface area contributed by atoms with E-state index in [-0.39, 0.29) is 30.5 Å². The molecule has 9 heteroatoms. The van der Waals surface area contributed by atoms with Crippen molar-refractivity contribution in [1.82, 2.24) is 9.55 Å². The normalized spacial score (nSPS) is 10.9. The average Bonchev–Trinajstić information content (AvgIpc) is 2.75. The van der Waals surface area contributed by atoms with Gasteiger partial charge in [-0.25, -0.2) is 4.79 Å². The minimum atomic E-state index is -0.624. The van der Waals surface area contributed by atoms with E-state index in [4.69, 9.17) is 17.3 Å². The molecule has 1 heterocycles. The predicted octanol–water partition coefficient (Wildman–Crippen LogP) is 3.31. The summed E-state index contributed by atoms with van der Waals surface area (Å²) < 4.78 is 1.31. The minimum absolute atomic E-state index is 0.0203. The van der Waals surface area contributed by atoms with Gasteiger partial charge in [0.15, 0.2) is 0 Å². The fraction of sp³-hybridized carbons (Fsp3) is 0.292. The number of benzene rings is 2. The molecule has 0 atom stereocenters. The quantitative estimate of drug-likeness (QED) is 0.445. The molecule has 2 aromatic carbocycles. The monoisotopic (exact) mass is 469 g/mol. The summed E-state index contributed by atoms with van der Waals surface area (Å²) in [6, 6.07) is 16.1. The van der Waals surface area contributed by atoms with Crippen LogP contribution in [-0.2, 0) is 11.3 Å². The van der Waals surface area contributed by atoms with Crippen molar-refractivity contribution in [2.75, 3.05) is 29.0 Å². The molecule has 0 spiro atoms. The van der Waals surface area contributed by atoms with Crippen molar-refractivity contribution in [3.05, 3.63) is 86.0 Å². The van der Waals surface area contributed by atoms with E-state index < -0.39 is 11.2 Å². The highest BCUT2D eigenvalue weighted by molar-refractivity contribution is 6.30. The predicted molar refractivity (Wildman–Crippen MR) is 133 cm³/mol. The SMILES string of the molecule is CC(C)CCN(CC(=O)Nc1cccc(Cl)c1)c1c(N)n(Cc2ccccc2)c(=O)[nH]c1=O. The lowest BCUT2D eigenvalue weighted by Crippen LogP contribution is -2.42. The van der Waals surface area contributed by atoms with Gasteiger partial charge < -0.3 is 16.0 Å². The van der Waals surface area contributed by atoms with Gasteiger partial charge in [-0.1, -0.05) is 61.8 Å². The van der Waals surface area contributed by atoms with Crippen LogP contribution >= 0.6 is 11.6 Å². The second kappa shape index (κ2) is 10.9. The molecule has 0 aliphatic carbocycles. The second-order valence-electron chi connectivity index (χ2n) is 8.23. The molecule has 3 aromatic rings. The van der Waals surface area contributed by atoms with Crippen LogP contribution in [0.25, 0.3) is 0 Å². The van der Waals surface area contributed by atoms with Crippen LogP contribution in [-0.4, -0.2) is 28.5 Å². The van der Waals surface area contributed by atoms with Crippen molar-refractivity contribution < 1.29 is 4.79 Å². The molecule has 8 nitrogen and oxygen atoms in total. The molecule has 1 amide bonds. The lowest BCUT2D eigenvalue weighted by atomic mass is 10.1. The van der Waals surface area contributed by atoms with Crippen molar-refractivity contribution in [3.63, 3.8) is 0 Å². The van der Waals surface area contributed by atoms with Crippen LogP contribution in [0.2, 0.25) is 5.02 Å². The molecule has 1 aromatic heterocycles. The van der Waals surface area contributed by atoms with Gasteiger partial charge in [-0.05, 0) is 36.1 Å². The third-order valence-corrected chi connectivity index (χ3v) is 5.37. The molecule has 0 saturated heterocycles. The summed E-state index contributed by atoms with van der Waals surface area (Å²) >= 11 is 6.00. The van der Waals surface area contributed by atoms with E-state index >= 15 is 0 Å². The Hall–Kier alpha value is -3.52. The van der Waals surface area contributed by atoms with Crippen LogP contribution < -0.4 is 27.2 Å². The van der Waals surface area contributed by atoms with Crippen LogP contribution in [0, 0.1) is 5.92 Å². The van der Waals surface area contributed by atoms with Crippen LogP contribution in [0.4, 0.5) is 17.2 Å². The summed E-state index contributed by atoms with van der Waals surface area (Å²) in [5.41, 5.74) is 6.63. The molecular weight excluding hydrogens is 442 g/mol. The highest BCUT2D eigenvalue weighted by Gasteiger charge is 2.21. The maximum atomic E-state index is 12.8. The number of hydrogen-bond donors (Lipinski definition) is 3. The summed E-state index contributed by atoms with van der Waals surface area (Å²) in [6.45, 7) is 4.60. The Morgan fingerprint density at radius 1 is 1.15 bits per heavy atom. The first-order chi connectivity index (χ1) is 15.7. The fourth-order valence-electron chi connectivity index (χ4n) is 3.43. The van der Waals surface area contributed by atoms with Crippen molar-refractivity contribution in [2.45, 2.75) is 26.8 Å². The maximum Gasteiger partial charge on any atom is 0.330 e. The number of carbonyl (C=O) groups excluding carboxylic acids is 1. The lowest BCUT2D eigenvalue weighted by molar-refractivity contribution is -0.115. The van der Waals surface area contributed by atoms with Gasteiger partial charge in [0.2, 0.25) is 5.91 Å². The van der Waals surface area contributed by atoms with Crippen molar-refractivity contribution in [2.24, 2.45) is 5.92 Å². The second-order valence-corrected chi connectivity index (χ2v) is 8.66. The van der Waals surface area contributed by atoms with Gasteiger partial charge >= 0.3 is 5.69 Å². The molecule has 174 valence electrons. The van der Waals surface area contributed by atoms with E-state index in [2.05, 4.69) is 10.3 Å². The molecule has 4 N–H and O–H groups in total. The molecule has 0 aliphatic rings. The number of anilines is 3. The van der Waals surface area contributed by atoms with Crippen LogP contribution in [0.5, 0.6) is 0 Å². The topological polar surface area (TPSA) is 113 Å². The van der Waals surface area contributed by atoms with E-state index in [9.17, 15) is 14.4 Å². The van der Waals surface area contributed by atoms with E-state index in [1.54, 1.807) is 29.2 Å². The van der Waals surface area contributed by atoms with E-state index in [1.165, 1.54) is 4.57 Å². The first-order valence-electron chi connectivity index (χ1n) is 10.7. The number of nitrogen functional groups attached to an aromatic ring is 1. The Bertz CT molecular complexity index is 1220. The third kappa shape index (κ3) is 6.49. The van der Waals surface area contributed by atoms with E-state index in [1.807, 2.05) is 44.2 Å².